The number of amides is 1. The average Bonchev–Trinajstić information content (AvgIpc) is 2.72. The summed E-state index contributed by atoms with van der Waals surface area (Å²) in [6, 6.07) is 23.8. The van der Waals surface area contributed by atoms with E-state index >= 15 is 0 Å². The number of alkyl halides is 3. The van der Waals surface area contributed by atoms with Gasteiger partial charge < -0.3 is 9.88 Å². The molecule has 29 heavy (non-hydrogen) atoms. The monoisotopic (exact) mass is 485 g/mol. The third kappa shape index (κ3) is 4.82. The molecule has 0 heterocycles. The van der Waals surface area contributed by atoms with Crippen molar-refractivity contribution < 1.29 is 9.36 Å². The molecule has 1 atom stereocenters. The normalized spacial score (nSPS) is 13.0. The second-order valence-corrected chi connectivity index (χ2v) is 11.9. The highest BCUT2D eigenvalue weighted by atomic mass is 35.6. The van der Waals surface area contributed by atoms with Gasteiger partial charge in [-0.15, -0.1) is 0 Å². The van der Waals surface area contributed by atoms with Crippen molar-refractivity contribution in [3.05, 3.63) is 95.5 Å². The Morgan fingerprint density at radius 1 is 0.793 bits per heavy atom. The molecule has 0 aliphatic rings. The smallest absolute Gasteiger partial charge is 0.253 e. The largest absolute Gasteiger partial charge is 0.338 e. The van der Waals surface area contributed by atoms with Crippen LogP contribution in [-0.4, -0.2) is 15.5 Å². The van der Waals surface area contributed by atoms with Gasteiger partial charge in [-0.05, 0) is 12.1 Å². The maximum Gasteiger partial charge on any atom is 0.253 e. The maximum atomic E-state index is 14.5. The van der Waals surface area contributed by atoms with Crippen LogP contribution < -0.4 is 15.9 Å². The van der Waals surface area contributed by atoms with Crippen molar-refractivity contribution in [3.8, 4) is 0 Å². The lowest BCUT2D eigenvalue weighted by Crippen LogP contribution is -2.47. The Kier molecular flexibility index (Phi) is 6.98. The Hall–Kier alpha value is -1.48. The number of benzene rings is 3. The van der Waals surface area contributed by atoms with E-state index in [1.54, 1.807) is 84.9 Å². The molecule has 0 saturated heterocycles. The van der Waals surface area contributed by atoms with Gasteiger partial charge in [0.15, 0.2) is 7.14 Å². The SMILES string of the molecule is O=C(NC(C(Cl)(Cl)Cl)P(=O)(c1ccccc1)c1ccccc1)c1ccccc1Cl. The van der Waals surface area contributed by atoms with E-state index in [0.29, 0.717) is 10.6 Å². The van der Waals surface area contributed by atoms with Crippen molar-refractivity contribution in [3.63, 3.8) is 0 Å². The van der Waals surface area contributed by atoms with E-state index in [1.807, 2.05) is 0 Å². The van der Waals surface area contributed by atoms with Gasteiger partial charge in [-0.3, -0.25) is 4.79 Å². The van der Waals surface area contributed by atoms with Crippen LogP contribution in [0.25, 0.3) is 0 Å². The van der Waals surface area contributed by atoms with Crippen molar-refractivity contribution in [1.82, 2.24) is 5.32 Å². The lowest BCUT2D eigenvalue weighted by molar-refractivity contribution is 0.0948. The number of hydrogen-bond acceptors (Lipinski definition) is 2. The molecule has 0 aliphatic carbocycles. The van der Waals surface area contributed by atoms with Crippen LogP contribution in [0.3, 0.4) is 0 Å². The first kappa shape index (κ1) is 22.2. The van der Waals surface area contributed by atoms with Crippen LogP contribution in [-0.2, 0) is 4.57 Å². The van der Waals surface area contributed by atoms with E-state index in [2.05, 4.69) is 5.32 Å². The highest BCUT2D eigenvalue weighted by molar-refractivity contribution is 7.79. The molecule has 0 radical (unpaired) electrons. The van der Waals surface area contributed by atoms with Crippen LogP contribution in [0.5, 0.6) is 0 Å². The summed E-state index contributed by atoms with van der Waals surface area (Å²) in [7, 11) is -3.62. The molecule has 0 spiro atoms. The van der Waals surface area contributed by atoms with Crippen LogP contribution in [0.1, 0.15) is 10.4 Å². The molecule has 0 aliphatic heterocycles. The molecule has 8 heteroatoms. The third-order valence-electron chi connectivity index (χ3n) is 4.34. The van der Waals surface area contributed by atoms with Crippen molar-refractivity contribution in [1.29, 1.82) is 0 Å². The van der Waals surface area contributed by atoms with Crippen LogP contribution in [0.15, 0.2) is 84.9 Å². The molecule has 3 aromatic carbocycles. The van der Waals surface area contributed by atoms with Gasteiger partial charge >= 0.3 is 0 Å². The molecule has 0 fully saturated rings. The fraction of sp³-hybridized carbons (Fsp3) is 0.0952. The van der Waals surface area contributed by atoms with Gasteiger partial charge in [0.05, 0.1) is 10.6 Å². The second-order valence-electron chi connectivity index (χ2n) is 6.23. The molecule has 3 rings (SSSR count). The van der Waals surface area contributed by atoms with Crippen LogP contribution >= 0.6 is 53.5 Å². The quantitative estimate of drug-likeness (QED) is 0.367. The molecule has 1 unspecified atom stereocenters. The first-order valence-electron chi connectivity index (χ1n) is 8.57. The first-order chi connectivity index (χ1) is 13.7. The summed E-state index contributed by atoms with van der Waals surface area (Å²) in [4.78, 5) is 12.9. The maximum absolute atomic E-state index is 14.5. The molecule has 0 saturated carbocycles. The minimum atomic E-state index is -3.62. The molecule has 1 N–H and O–H groups in total. The Labute approximate surface area is 189 Å². The second kappa shape index (κ2) is 9.12. The van der Waals surface area contributed by atoms with Gasteiger partial charge in [0.25, 0.3) is 5.91 Å². The molecular formula is C21H16Cl4NO2P. The Balaban J connectivity index is 2.15. The van der Waals surface area contributed by atoms with Gasteiger partial charge in [0, 0.05) is 10.6 Å². The number of rotatable bonds is 5. The molecule has 150 valence electrons. The predicted octanol–water partition coefficient (Wildman–Crippen LogP) is 5.78. The fourth-order valence-corrected chi connectivity index (χ4v) is 7.43. The van der Waals surface area contributed by atoms with E-state index in [4.69, 9.17) is 46.4 Å². The zero-order valence-corrected chi connectivity index (χ0v) is 18.9. The predicted molar refractivity (Wildman–Crippen MR) is 123 cm³/mol. The summed E-state index contributed by atoms with van der Waals surface area (Å²) < 4.78 is 12.5. The fourth-order valence-electron chi connectivity index (χ4n) is 2.97. The molecule has 0 bridgehead atoms. The first-order valence-corrected chi connectivity index (χ1v) is 11.9. The van der Waals surface area contributed by atoms with Crippen molar-refractivity contribution in [2.75, 3.05) is 0 Å². The van der Waals surface area contributed by atoms with Crippen LogP contribution in [0.4, 0.5) is 0 Å². The van der Waals surface area contributed by atoms with Crippen LogP contribution in [0, 0.1) is 0 Å². The summed E-state index contributed by atoms with van der Waals surface area (Å²) in [5.74, 6) is -1.91. The van der Waals surface area contributed by atoms with Gasteiger partial charge in [0.1, 0.15) is 5.78 Å². The minimum Gasteiger partial charge on any atom is -0.338 e. The van der Waals surface area contributed by atoms with Gasteiger partial charge in [-0.2, -0.15) is 0 Å². The Morgan fingerprint density at radius 3 is 1.69 bits per heavy atom. The number of halogens is 4. The van der Waals surface area contributed by atoms with Crippen LogP contribution in [0.2, 0.25) is 5.02 Å². The number of carbonyl (C=O) groups is 1. The van der Waals surface area contributed by atoms with Gasteiger partial charge in [0.2, 0.25) is 3.79 Å². The third-order valence-corrected chi connectivity index (χ3v) is 9.15. The standard InChI is InChI=1S/C21H16Cl4NO2P/c22-18-14-8-7-13-17(18)19(27)26-20(21(23,24)25)29(28,15-9-3-1-4-10-15)16-11-5-2-6-12-16/h1-14,20H,(H,26,27). The van der Waals surface area contributed by atoms with E-state index in [1.165, 1.54) is 0 Å². The lowest BCUT2D eigenvalue weighted by atomic mass is 10.2. The van der Waals surface area contributed by atoms with Crippen molar-refractivity contribution in [2.45, 2.75) is 9.58 Å². The Bertz CT molecular complexity index is 996. The van der Waals surface area contributed by atoms with E-state index in [-0.39, 0.29) is 10.6 Å². The van der Waals surface area contributed by atoms with Crippen molar-refractivity contribution in [2.24, 2.45) is 0 Å². The molecule has 3 aromatic rings. The summed E-state index contributed by atoms with van der Waals surface area (Å²) in [6.45, 7) is 0. The zero-order chi connectivity index (χ0) is 21.1. The average molecular weight is 487 g/mol. The summed E-state index contributed by atoms with van der Waals surface area (Å²) in [5.41, 5.74) is 0.195. The lowest BCUT2D eigenvalue weighted by Gasteiger charge is -2.34. The zero-order valence-electron chi connectivity index (χ0n) is 14.9. The number of carbonyl (C=O) groups excluding carboxylic acids is 1. The summed E-state index contributed by atoms with van der Waals surface area (Å²) in [6.07, 6.45) is 0. The van der Waals surface area contributed by atoms with Crippen molar-refractivity contribution >= 4 is 70.1 Å². The topological polar surface area (TPSA) is 46.2 Å². The van der Waals surface area contributed by atoms with Gasteiger partial charge in [-0.1, -0.05) is 119 Å². The molecule has 0 aromatic heterocycles. The molecular weight excluding hydrogens is 471 g/mol. The number of hydrogen-bond donors (Lipinski definition) is 1. The van der Waals surface area contributed by atoms with E-state index in [9.17, 15) is 9.36 Å². The highest BCUT2D eigenvalue weighted by Crippen LogP contribution is 2.55. The minimum absolute atomic E-state index is 0.195. The number of nitrogens with one attached hydrogen (secondary N) is 1. The highest BCUT2D eigenvalue weighted by Gasteiger charge is 2.49. The van der Waals surface area contributed by atoms with E-state index in [0.717, 1.165) is 0 Å². The van der Waals surface area contributed by atoms with Gasteiger partial charge in [-0.25, -0.2) is 0 Å². The summed E-state index contributed by atoms with van der Waals surface area (Å²) >= 11 is 24.9. The van der Waals surface area contributed by atoms with E-state index < -0.39 is 22.6 Å². The summed E-state index contributed by atoms with van der Waals surface area (Å²) in [5, 5.41) is 3.83. The molecule has 3 nitrogen and oxygen atoms in total. The Morgan fingerprint density at radius 2 is 1.24 bits per heavy atom. The molecule has 1 amide bonds.